The molecule has 1 saturated carbocycles. The fourth-order valence-corrected chi connectivity index (χ4v) is 5.51. The lowest BCUT2D eigenvalue weighted by atomic mass is 9.84. The molecular formula is C20H24N2OS. The lowest BCUT2D eigenvalue weighted by molar-refractivity contribution is -0.118. The van der Waals surface area contributed by atoms with Crippen LogP contribution >= 0.6 is 11.3 Å². The third kappa shape index (κ3) is 2.84. The van der Waals surface area contributed by atoms with Gasteiger partial charge in [0.05, 0.1) is 11.6 Å². The summed E-state index contributed by atoms with van der Waals surface area (Å²) in [6.45, 7) is 0. The minimum Gasteiger partial charge on any atom is -0.396 e. The van der Waals surface area contributed by atoms with Gasteiger partial charge in [0, 0.05) is 4.88 Å². The van der Waals surface area contributed by atoms with Crippen molar-refractivity contribution in [1.29, 1.82) is 0 Å². The van der Waals surface area contributed by atoms with Gasteiger partial charge in [-0.25, -0.2) is 0 Å². The molecule has 4 heteroatoms. The Hall–Kier alpha value is -1.81. The number of amides is 1. The molecule has 4 rings (SSSR count). The Morgan fingerprint density at radius 3 is 2.58 bits per heavy atom. The molecule has 1 fully saturated rings. The van der Waals surface area contributed by atoms with Crippen molar-refractivity contribution in [1.82, 2.24) is 0 Å². The largest absolute Gasteiger partial charge is 0.396 e. The van der Waals surface area contributed by atoms with Gasteiger partial charge in [0.25, 0.3) is 0 Å². The van der Waals surface area contributed by atoms with Gasteiger partial charge in [-0.2, -0.15) is 0 Å². The molecule has 0 saturated heterocycles. The maximum atomic E-state index is 13.1. The van der Waals surface area contributed by atoms with Crippen molar-refractivity contribution >= 4 is 27.9 Å². The first-order valence-electron chi connectivity index (χ1n) is 9.00. The minimum atomic E-state index is -0.0648. The number of carbonyl (C=O) groups excluding carboxylic acids is 1. The Bertz CT molecular complexity index is 732. The van der Waals surface area contributed by atoms with Crippen molar-refractivity contribution in [3.8, 4) is 0 Å². The van der Waals surface area contributed by atoms with E-state index in [4.69, 9.17) is 5.73 Å². The highest BCUT2D eigenvalue weighted by molar-refractivity contribution is 7.17. The average molecular weight is 340 g/mol. The number of nitrogen functional groups attached to an aromatic ring is 1. The van der Waals surface area contributed by atoms with E-state index in [0.717, 1.165) is 41.9 Å². The van der Waals surface area contributed by atoms with Crippen molar-refractivity contribution in [3.63, 3.8) is 0 Å². The number of hydrogen-bond acceptors (Lipinski definition) is 3. The zero-order valence-corrected chi connectivity index (χ0v) is 14.7. The molecule has 3 nitrogen and oxygen atoms in total. The molecule has 0 aliphatic heterocycles. The van der Waals surface area contributed by atoms with Gasteiger partial charge in [0.1, 0.15) is 5.00 Å². The summed E-state index contributed by atoms with van der Waals surface area (Å²) in [7, 11) is 0. The monoisotopic (exact) mass is 340 g/mol. The summed E-state index contributed by atoms with van der Waals surface area (Å²) >= 11 is 1.68. The highest BCUT2D eigenvalue weighted by Gasteiger charge is 2.33. The number of carbonyl (C=O) groups is 1. The molecule has 1 amide bonds. The number of hydrogen-bond donors (Lipinski definition) is 2. The minimum absolute atomic E-state index is 0.0648. The number of fused-ring (bicyclic) bond motifs is 1. The predicted octanol–water partition coefficient (Wildman–Crippen LogP) is 4.73. The van der Waals surface area contributed by atoms with Gasteiger partial charge in [-0.05, 0) is 49.1 Å². The standard InChI is InChI=1S/C20H24N2OS/c21-18-15-11-6-12-16(15)24-20(18)22-19(23)17(14-9-4-5-10-14)13-7-2-1-3-8-13/h1-3,7-8,14,17H,4-6,9-12,21H2,(H,22,23). The molecule has 0 spiro atoms. The lowest BCUT2D eigenvalue weighted by Gasteiger charge is -2.23. The van der Waals surface area contributed by atoms with E-state index in [-0.39, 0.29) is 11.8 Å². The average Bonchev–Trinajstić information content (AvgIpc) is 3.31. The number of nitrogens with one attached hydrogen (secondary N) is 1. The molecule has 126 valence electrons. The van der Waals surface area contributed by atoms with E-state index >= 15 is 0 Å². The maximum absolute atomic E-state index is 13.1. The normalized spacial score (nSPS) is 18.5. The highest BCUT2D eigenvalue weighted by atomic mass is 32.1. The molecule has 1 unspecified atom stereocenters. The van der Waals surface area contributed by atoms with E-state index in [1.807, 2.05) is 18.2 Å². The second-order valence-corrected chi connectivity index (χ2v) is 8.13. The summed E-state index contributed by atoms with van der Waals surface area (Å²) in [4.78, 5) is 14.5. The maximum Gasteiger partial charge on any atom is 0.232 e. The summed E-state index contributed by atoms with van der Waals surface area (Å²) in [5, 5.41) is 4.03. The molecule has 2 aliphatic carbocycles. The van der Waals surface area contributed by atoms with Crippen LogP contribution in [0.3, 0.4) is 0 Å². The number of benzene rings is 1. The Kier molecular flexibility index (Phi) is 4.31. The molecule has 2 aromatic rings. The second-order valence-electron chi connectivity index (χ2n) is 7.02. The third-order valence-corrected chi connectivity index (χ3v) is 6.73. The molecular weight excluding hydrogens is 316 g/mol. The summed E-state index contributed by atoms with van der Waals surface area (Å²) in [6.07, 6.45) is 8.09. The second kappa shape index (κ2) is 6.60. The number of rotatable bonds is 4. The van der Waals surface area contributed by atoms with Crippen LogP contribution in [0.5, 0.6) is 0 Å². The molecule has 0 bridgehead atoms. The van der Waals surface area contributed by atoms with Gasteiger partial charge in [-0.15, -0.1) is 11.3 Å². The quantitative estimate of drug-likeness (QED) is 0.845. The number of anilines is 2. The number of thiophene rings is 1. The van der Waals surface area contributed by atoms with Crippen LogP contribution in [0.15, 0.2) is 30.3 Å². The SMILES string of the molecule is Nc1c(NC(=O)C(c2ccccc2)C2CCCC2)sc2c1CCC2. The van der Waals surface area contributed by atoms with Gasteiger partial charge in [-0.3, -0.25) is 4.79 Å². The molecule has 0 radical (unpaired) electrons. The van der Waals surface area contributed by atoms with Gasteiger partial charge >= 0.3 is 0 Å². The third-order valence-electron chi connectivity index (χ3n) is 5.51. The first kappa shape index (κ1) is 15.7. The van der Waals surface area contributed by atoms with E-state index in [1.54, 1.807) is 11.3 Å². The topological polar surface area (TPSA) is 55.1 Å². The van der Waals surface area contributed by atoms with Crippen molar-refractivity contribution < 1.29 is 4.79 Å². The van der Waals surface area contributed by atoms with E-state index in [9.17, 15) is 4.79 Å². The number of aryl methyl sites for hydroxylation is 1. The zero-order valence-electron chi connectivity index (χ0n) is 13.9. The fraction of sp³-hybridized carbons (Fsp3) is 0.450. The lowest BCUT2D eigenvalue weighted by Crippen LogP contribution is -2.26. The predicted molar refractivity (Wildman–Crippen MR) is 101 cm³/mol. The van der Waals surface area contributed by atoms with Crippen LogP contribution in [-0.4, -0.2) is 5.91 Å². The fourth-order valence-electron chi connectivity index (χ4n) is 4.30. The van der Waals surface area contributed by atoms with E-state index in [0.29, 0.717) is 5.92 Å². The van der Waals surface area contributed by atoms with E-state index < -0.39 is 0 Å². The molecule has 1 aromatic heterocycles. The van der Waals surface area contributed by atoms with Crippen molar-refractivity contribution in [2.45, 2.75) is 50.9 Å². The first-order chi connectivity index (χ1) is 11.7. The van der Waals surface area contributed by atoms with Gasteiger partial charge in [0.2, 0.25) is 5.91 Å². The first-order valence-corrected chi connectivity index (χ1v) is 9.81. The molecule has 1 atom stereocenters. The summed E-state index contributed by atoms with van der Waals surface area (Å²) in [5.74, 6) is 0.491. The van der Waals surface area contributed by atoms with Crippen molar-refractivity contribution in [3.05, 3.63) is 46.3 Å². The van der Waals surface area contributed by atoms with Crippen molar-refractivity contribution in [2.24, 2.45) is 5.92 Å². The molecule has 24 heavy (non-hydrogen) atoms. The van der Waals surface area contributed by atoms with Gasteiger partial charge < -0.3 is 11.1 Å². The Labute approximate surface area is 147 Å². The summed E-state index contributed by atoms with van der Waals surface area (Å²) in [6, 6.07) is 10.2. The van der Waals surface area contributed by atoms with Crippen LogP contribution in [0, 0.1) is 5.92 Å². The zero-order chi connectivity index (χ0) is 16.5. The number of nitrogens with two attached hydrogens (primary N) is 1. The van der Waals surface area contributed by atoms with Crippen molar-refractivity contribution in [2.75, 3.05) is 11.1 Å². The van der Waals surface area contributed by atoms with Crippen LogP contribution in [-0.2, 0) is 17.6 Å². The van der Waals surface area contributed by atoms with Crippen LogP contribution in [0.4, 0.5) is 10.7 Å². The summed E-state index contributed by atoms with van der Waals surface area (Å²) < 4.78 is 0. The van der Waals surface area contributed by atoms with Gasteiger partial charge in [-0.1, -0.05) is 43.2 Å². The molecule has 1 heterocycles. The van der Waals surface area contributed by atoms with E-state index in [1.165, 1.54) is 29.7 Å². The smallest absolute Gasteiger partial charge is 0.232 e. The van der Waals surface area contributed by atoms with Crippen LogP contribution in [0.1, 0.15) is 54.0 Å². The van der Waals surface area contributed by atoms with Crippen LogP contribution < -0.4 is 11.1 Å². The van der Waals surface area contributed by atoms with E-state index in [2.05, 4.69) is 17.4 Å². The molecule has 3 N–H and O–H groups in total. The van der Waals surface area contributed by atoms with Crippen LogP contribution in [0.25, 0.3) is 0 Å². The molecule has 1 aromatic carbocycles. The Morgan fingerprint density at radius 2 is 1.88 bits per heavy atom. The van der Waals surface area contributed by atoms with Crippen LogP contribution in [0.2, 0.25) is 0 Å². The Balaban J connectivity index is 1.60. The van der Waals surface area contributed by atoms with Gasteiger partial charge in [0.15, 0.2) is 0 Å². The Morgan fingerprint density at radius 1 is 1.12 bits per heavy atom. The highest BCUT2D eigenvalue weighted by Crippen LogP contribution is 2.43. The molecule has 2 aliphatic rings. The summed E-state index contributed by atoms with van der Waals surface area (Å²) in [5.41, 5.74) is 9.50.